The molecular formula is C28H44O. The van der Waals surface area contributed by atoms with Crippen LogP contribution < -0.4 is 0 Å². The monoisotopic (exact) mass is 396 g/mol. The summed E-state index contributed by atoms with van der Waals surface area (Å²) in [5.74, 6) is 4.38. The Bertz CT molecular complexity index is 712. The first kappa shape index (κ1) is 21.4. The maximum Gasteiger partial charge on any atom is 0.0578 e. The summed E-state index contributed by atoms with van der Waals surface area (Å²) >= 11 is 0. The van der Waals surface area contributed by atoms with Crippen LogP contribution in [0.5, 0.6) is 0 Å². The highest BCUT2D eigenvalue weighted by Gasteiger charge is 2.56. The summed E-state index contributed by atoms with van der Waals surface area (Å²) in [5, 5.41) is 10.2. The average Bonchev–Trinajstić information content (AvgIpc) is 3.03. The molecule has 0 aromatic carbocycles. The van der Waals surface area contributed by atoms with Crippen LogP contribution in [0.3, 0.4) is 0 Å². The van der Waals surface area contributed by atoms with Gasteiger partial charge in [-0.3, -0.25) is 0 Å². The van der Waals surface area contributed by atoms with Crippen molar-refractivity contribution >= 4 is 0 Å². The molecule has 0 aromatic rings. The van der Waals surface area contributed by atoms with Crippen molar-refractivity contribution in [3.8, 4) is 0 Å². The SMILES string of the molecule is CC(C)[C@@H](C)/C=C/[C@@H](C)[C@H]1CC[C@H]2C3=CC=C4CC(O)CC[C@]4(C)[C@H]3CC[C@]12C. The Morgan fingerprint density at radius 2 is 1.69 bits per heavy atom. The summed E-state index contributed by atoms with van der Waals surface area (Å²) in [6.07, 6.45) is 18.4. The van der Waals surface area contributed by atoms with E-state index >= 15 is 0 Å². The van der Waals surface area contributed by atoms with Crippen molar-refractivity contribution in [1.82, 2.24) is 0 Å². The summed E-state index contributed by atoms with van der Waals surface area (Å²) < 4.78 is 0. The number of aliphatic hydroxyl groups is 1. The molecule has 0 amide bonds. The number of aliphatic hydroxyl groups excluding tert-OH is 1. The molecule has 0 spiro atoms. The van der Waals surface area contributed by atoms with Gasteiger partial charge in [-0.25, -0.2) is 0 Å². The Kier molecular flexibility index (Phi) is 5.69. The second kappa shape index (κ2) is 7.70. The lowest BCUT2D eigenvalue weighted by Gasteiger charge is -2.55. The molecule has 4 aliphatic rings. The minimum Gasteiger partial charge on any atom is -0.393 e. The molecule has 29 heavy (non-hydrogen) atoms. The summed E-state index contributed by atoms with van der Waals surface area (Å²) in [7, 11) is 0. The van der Waals surface area contributed by atoms with Gasteiger partial charge in [-0.15, -0.1) is 0 Å². The molecule has 1 N–H and O–H groups in total. The second-order valence-electron chi connectivity index (χ2n) is 11.9. The predicted molar refractivity (Wildman–Crippen MR) is 123 cm³/mol. The molecule has 3 fully saturated rings. The minimum atomic E-state index is -0.116. The van der Waals surface area contributed by atoms with Crippen LogP contribution in [0.4, 0.5) is 0 Å². The van der Waals surface area contributed by atoms with Gasteiger partial charge in [0, 0.05) is 0 Å². The first-order valence-corrected chi connectivity index (χ1v) is 12.4. The van der Waals surface area contributed by atoms with E-state index in [9.17, 15) is 5.11 Å². The lowest BCUT2D eigenvalue weighted by Crippen LogP contribution is -2.46. The van der Waals surface area contributed by atoms with E-state index in [4.69, 9.17) is 0 Å². The van der Waals surface area contributed by atoms with Crippen molar-refractivity contribution in [2.45, 2.75) is 92.6 Å². The van der Waals surface area contributed by atoms with Gasteiger partial charge in [-0.05, 0) is 91.3 Å². The van der Waals surface area contributed by atoms with E-state index in [1.807, 2.05) is 0 Å². The maximum absolute atomic E-state index is 10.2. The summed E-state index contributed by atoms with van der Waals surface area (Å²) in [6, 6.07) is 0. The van der Waals surface area contributed by atoms with Gasteiger partial charge in [0.05, 0.1) is 6.10 Å². The number of fused-ring (bicyclic) bond motifs is 5. The zero-order valence-corrected chi connectivity index (χ0v) is 19.7. The van der Waals surface area contributed by atoms with Crippen LogP contribution in [0, 0.1) is 46.3 Å². The summed E-state index contributed by atoms with van der Waals surface area (Å²) in [4.78, 5) is 0. The molecule has 0 heterocycles. The molecule has 1 nitrogen and oxygen atoms in total. The fourth-order valence-corrected chi connectivity index (χ4v) is 7.59. The Hall–Kier alpha value is -0.820. The van der Waals surface area contributed by atoms with Gasteiger partial charge >= 0.3 is 0 Å². The lowest BCUT2D eigenvalue weighted by molar-refractivity contribution is 0.0382. The highest BCUT2D eigenvalue weighted by Crippen LogP contribution is 2.65. The van der Waals surface area contributed by atoms with Crippen LogP contribution in [0.25, 0.3) is 0 Å². The van der Waals surface area contributed by atoms with Gasteiger partial charge in [0.2, 0.25) is 0 Å². The average molecular weight is 397 g/mol. The quantitative estimate of drug-likeness (QED) is 0.493. The van der Waals surface area contributed by atoms with Gasteiger partial charge < -0.3 is 5.11 Å². The largest absolute Gasteiger partial charge is 0.393 e. The third-order valence-electron chi connectivity index (χ3n) is 10.0. The predicted octanol–water partition coefficient (Wildman–Crippen LogP) is 7.33. The van der Waals surface area contributed by atoms with E-state index in [1.165, 1.54) is 37.7 Å². The van der Waals surface area contributed by atoms with Crippen LogP contribution in [0.15, 0.2) is 35.5 Å². The van der Waals surface area contributed by atoms with Crippen molar-refractivity contribution in [3.63, 3.8) is 0 Å². The summed E-state index contributed by atoms with van der Waals surface area (Å²) in [6.45, 7) is 14.6. The van der Waals surface area contributed by atoms with Gasteiger partial charge in [0.25, 0.3) is 0 Å². The zero-order valence-electron chi connectivity index (χ0n) is 19.7. The third kappa shape index (κ3) is 3.50. The molecule has 0 bridgehead atoms. The fraction of sp³-hybridized carbons (Fsp3) is 0.786. The molecule has 1 heteroatoms. The van der Waals surface area contributed by atoms with Gasteiger partial charge in [0.15, 0.2) is 0 Å². The lowest BCUT2D eigenvalue weighted by atomic mass is 9.50. The minimum absolute atomic E-state index is 0.116. The van der Waals surface area contributed by atoms with E-state index in [0.29, 0.717) is 22.7 Å². The molecule has 162 valence electrons. The molecular weight excluding hydrogens is 352 g/mol. The van der Waals surface area contributed by atoms with Crippen molar-refractivity contribution in [1.29, 1.82) is 0 Å². The molecule has 4 aliphatic carbocycles. The van der Waals surface area contributed by atoms with Gasteiger partial charge in [-0.2, -0.15) is 0 Å². The Morgan fingerprint density at radius 3 is 2.41 bits per heavy atom. The normalized spacial score (nSPS) is 44.0. The fourth-order valence-electron chi connectivity index (χ4n) is 7.59. The number of hydrogen-bond donors (Lipinski definition) is 1. The molecule has 4 rings (SSSR count). The van der Waals surface area contributed by atoms with Crippen LogP contribution in [0.2, 0.25) is 0 Å². The summed E-state index contributed by atoms with van der Waals surface area (Å²) in [5.41, 5.74) is 4.07. The molecule has 1 unspecified atom stereocenters. The van der Waals surface area contributed by atoms with E-state index in [2.05, 4.69) is 65.8 Å². The molecule has 0 saturated heterocycles. The van der Waals surface area contributed by atoms with Crippen LogP contribution in [-0.4, -0.2) is 11.2 Å². The standard InChI is InChI=1S/C28H44O/c1-18(2)19(3)7-8-20(4)24-11-12-25-23-10-9-21-17-22(29)13-15-27(21,5)26(23)14-16-28(24,25)6/h7-10,18-20,22,24-26,29H,11-17H2,1-6H3/b8-7+/t19-,20+,22?,24+,25-,26-,27-,28+/m0/s1. The molecule has 0 aliphatic heterocycles. The highest BCUT2D eigenvalue weighted by molar-refractivity contribution is 5.39. The van der Waals surface area contributed by atoms with Crippen LogP contribution in [0.1, 0.15) is 86.5 Å². The zero-order chi connectivity index (χ0) is 21.0. The van der Waals surface area contributed by atoms with Gasteiger partial charge in [0.1, 0.15) is 0 Å². The number of hydrogen-bond acceptors (Lipinski definition) is 1. The van der Waals surface area contributed by atoms with Crippen molar-refractivity contribution in [2.75, 3.05) is 0 Å². The Labute approximate surface area is 179 Å². The Morgan fingerprint density at radius 1 is 0.931 bits per heavy atom. The molecule has 0 aromatic heterocycles. The first-order chi connectivity index (χ1) is 13.7. The molecule has 3 saturated carbocycles. The second-order valence-corrected chi connectivity index (χ2v) is 11.9. The topological polar surface area (TPSA) is 20.2 Å². The highest BCUT2D eigenvalue weighted by atomic mass is 16.3. The van der Waals surface area contributed by atoms with E-state index in [0.717, 1.165) is 36.5 Å². The smallest absolute Gasteiger partial charge is 0.0578 e. The molecule has 0 radical (unpaired) electrons. The van der Waals surface area contributed by atoms with Gasteiger partial charge in [-0.1, -0.05) is 77.0 Å². The molecule has 8 atom stereocenters. The van der Waals surface area contributed by atoms with Crippen molar-refractivity contribution in [2.24, 2.45) is 46.3 Å². The van der Waals surface area contributed by atoms with Crippen LogP contribution >= 0.6 is 0 Å². The van der Waals surface area contributed by atoms with Crippen LogP contribution in [-0.2, 0) is 0 Å². The first-order valence-electron chi connectivity index (χ1n) is 12.4. The maximum atomic E-state index is 10.2. The van der Waals surface area contributed by atoms with E-state index in [-0.39, 0.29) is 6.10 Å². The van der Waals surface area contributed by atoms with Crippen molar-refractivity contribution < 1.29 is 5.11 Å². The number of rotatable bonds is 4. The third-order valence-corrected chi connectivity index (χ3v) is 10.0. The van der Waals surface area contributed by atoms with E-state index < -0.39 is 0 Å². The van der Waals surface area contributed by atoms with Crippen molar-refractivity contribution in [3.05, 3.63) is 35.5 Å². The van der Waals surface area contributed by atoms with E-state index in [1.54, 1.807) is 5.57 Å². The number of allylic oxidation sites excluding steroid dienone is 5. The Balaban J connectivity index is 1.57.